The molecule has 4 nitrogen and oxygen atoms in total. The van der Waals surface area contributed by atoms with Crippen molar-refractivity contribution in [3.05, 3.63) is 18.3 Å². The van der Waals surface area contributed by atoms with E-state index in [2.05, 4.69) is 27.8 Å². The minimum absolute atomic E-state index is 0.473. The average molecular weight is 192 g/mol. The minimum atomic E-state index is 0.473. The fraction of sp³-hybridized carbons (Fsp3) is 0.600. The summed E-state index contributed by atoms with van der Waals surface area (Å²) in [7, 11) is 0. The molecule has 1 aliphatic heterocycles. The molecule has 0 aliphatic carbocycles. The third kappa shape index (κ3) is 2.20. The third-order valence-electron chi connectivity index (χ3n) is 2.67. The number of piperidine rings is 1. The van der Waals surface area contributed by atoms with Gasteiger partial charge in [0.1, 0.15) is 5.82 Å². The molecule has 14 heavy (non-hydrogen) atoms. The molecule has 1 aromatic heterocycles. The molecule has 2 rings (SSSR count). The van der Waals surface area contributed by atoms with E-state index in [1.165, 1.54) is 12.8 Å². The highest BCUT2D eigenvalue weighted by atomic mass is 15.2. The number of nitrogens with one attached hydrogen (secondary N) is 2. The van der Waals surface area contributed by atoms with Gasteiger partial charge in [-0.25, -0.2) is 0 Å². The highest BCUT2D eigenvalue weighted by molar-refractivity contribution is 5.33. The lowest BCUT2D eigenvalue weighted by atomic mass is 10.00. The van der Waals surface area contributed by atoms with Crippen LogP contribution in [0.2, 0.25) is 0 Å². The number of nitrogens with zero attached hydrogens (tertiary/aromatic N) is 2. The molecule has 0 amide bonds. The maximum absolute atomic E-state index is 4.02. The zero-order valence-electron chi connectivity index (χ0n) is 8.40. The van der Waals surface area contributed by atoms with E-state index in [4.69, 9.17) is 0 Å². The molecule has 76 valence electrons. The van der Waals surface area contributed by atoms with Crippen molar-refractivity contribution in [2.24, 2.45) is 0 Å². The van der Waals surface area contributed by atoms with Gasteiger partial charge in [-0.05, 0) is 38.4 Å². The van der Waals surface area contributed by atoms with Gasteiger partial charge in [0.2, 0.25) is 0 Å². The Bertz CT molecular complexity index is 275. The van der Waals surface area contributed by atoms with Crippen LogP contribution in [0.25, 0.3) is 0 Å². The molecule has 1 fully saturated rings. The summed E-state index contributed by atoms with van der Waals surface area (Å²) < 4.78 is 0. The van der Waals surface area contributed by atoms with E-state index < -0.39 is 0 Å². The van der Waals surface area contributed by atoms with Crippen LogP contribution in [0.4, 0.5) is 5.82 Å². The van der Waals surface area contributed by atoms with Crippen LogP contribution in [0, 0.1) is 0 Å². The summed E-state index contributed by atoms with van der Waals surface area (Å²) in [5, 5.41) is 14.7. The largest absolute Gasteiger partial charge is 0.364 e. The second-order valence-corrected chi connectivity index (χ2v) is 3.74. The fourth-order valence-corrected chi connectivity index (χ4v) is 1.81. The number of aromatic nitrogens is 2. The monoisotopic (exact) mass is 192 g/mol. The van der Waals surface area contributed by atoms with Crippen LogP contribution in [0.15, 0.2) is 18.3 Å². The summed E-state index contributed by atoms with van der Waals surface area (Å²) in [5.74, 6) is 0.869. The molecule has 4 heteroatoms. The van der Waals surface area contributed by atoms with Gasteiger partial charge in [0.15, 0.2) is 0 Å². The molecule has 2 N–H and O–H groups in total. The van der Waals surface area contributed by atoms with E-state index in [-0.39, 0.29) is 0 Å². The van der Waals surface area contributed by atoms with Crippen molar-refractivity contribution in [1.82, 2.24) is 15.5 Å². The van der Waals surface area contributed by atoms with Gasteiger partial charge < -0.3 is 10.6 Å². The van der Waals surface area contributed by atoms with Gasteiger partial charge in [0.05, 0.1) is 0 Å². The third-order valence-corrected chi connectivity index (χ3v) is 2.67. The Morgan fingerprint density at radius 1 is 1.57 bits per heavy atom. The SMILES string of the molecule is CC1NCCCC1Nc1cccnn1. The zero-order valence-corrected chi connectivity index (χ0v) is 8.40. The van der Waals surface area contributed by atoms with E-state index in [1.54, 1.807) is 6.20 Å². The summed E-state index contributed by atoms with van der Waals surface area (Å²) in [6.07, 6.45) is 4.11. The quantitative estimate of drug-likeness (QED) is 0.734. The Kier molecular flexibility index (Phi) is 2.93. The van der Waals surface area contributed by atoms with Gasteiger partial charge >= 0.3 is 0 Å². The van der Waals surface area contributed by atoms with Gasteiger partial charge in [-0.15, -0.1) is 5.10 Å². The van der Waals surface area contributed by atoms with Crippen molar-refractivity contribution < 1.29 is 0 Å². The number of hydrogen-bond donors (Lipinski definition) is 2. The second kappa shape index (κ2) is 4.37. The van der Waals surface area contributed by atoms with E-state index in [0.717, 1.165) is 12.4 Å². The molecule has 0 radical (unpaired) electrons. The summed E-state index contributed by atoms with van der Waals surface area (Å²) in [6, 6.07) is 4.83. The average Bonchev–Trinajstić information content (AvgIpc) is 2.23. The first kappa shape index (κ1) is 9.40. The standard InChI is InChI=1S/C10H16N4/c1-8-9(4-2-6-11-8)13-10-5-3-7-12-14-10/h3,5,7-9,11H,2,4,6H2,1H3,(H,13,14). The molecule has 0 saturated carbocycles. The minimum Gasteiger partial charge on any atom is -0.364 e. The van der Waals surface area contributed by atoms with Crippen molar-refractivity contribution in [2.45, 2.75) is 31.8 Å². The van der Waals surface area contributed by atoms with Gasteiger partial charge in [-0.2, -0.15) is 5.10 Å². The summed E-state index contributed by atoms with van der Waals surface area (Å²) in [5.41, 5.74) is 0. The van der Waals surface area contributed by atoms with Gasteiger partial charge in [-0.1, -0.05) is 0 Å². The molecule has 0 aromatic carbocycles. The molecule has 2 atom stereocenters. The highest BCUT2D eigenvalue weighted by Crippen LogP contribution is 2.13. The van der Waals surface area contributed by atoms with Crippen LogP contribution >= 0.6 is 0 Å². The molecule has 1 aliphatic rings. The van der Waals surface area contributed by atoms with Crippen LogP contribution in [-0.2, 0) is 0 Å². The lowest BCUT2D eigenvalue weighted by molar-refractivity contribution is 0.388. The van der Waals surface area contributed by atoms with E-state index in [1.807, 2.05) is 12.1 Å². The summed E-state index contributed by atoms with van der Waals surface area (Å²) in [6.45, 7) is 3.33. The molecular weight excluding hydrogens is 176 g/mol. The van der Waals surface area contributed by atoms with Crippen LogP contribution in [-0.4, -0.2) is 28.8 Å². The molecule has 0 spiro atoms. The topological polar surface area (TPSA) is 49.8 Å². The molecule has 1 saturated heterocycles. The van der Waals surface area contributed by atoms with Crippen LogP contribution in [0.5, 0.6) is 0 Å². The van der Waals surface area contributed by atoms with Crippen molar-refractivity contribution in [1.29, 1.82) is 0 Å². The fourth-order valence-electron chi connectivity index (χ4n) is 1.81. The highest BCUT2D eigenvalue weighted by Gasteiger charge is 2.20. The normalized spacial score (nSPS) is 27.2. The maximum atomic E-state index is 4.02. The first-order valence-corrected chi connectivity index (χ1v) is 5.14. The number of rotatable bonds is 2. The van der Waals surface area contributed by atoms with Crippen LogP contribution in [0.1, 0.15) is 19.8 Å². The Balaban J connectivity index is 1.96. The van der Waals surface area contributed by atoms with Crippen LogP contribution < -0.4 is 10.6 Å². The van der Waals surface area contributed by atoms with Crippen molar-refractivity contribution in [3.8, 4) is 0 Å². The number of anilines is 1. The van der Waals surface area contributed by atoms with Crippen molar-refractivity contribution in [3.63, 3.8) is 0 Å². The molecule has 1 aromatic rings. The Morgan fingerprint density at radius 3 is 3.21 bits per heavy atom. The summed E-state index contributed by atoms with van der Waals surface area (Å²) in [4.78, 5) is 0. The predicted octanol–water partition coefficient (Wildman–Crippen LogP) is 1.03. The van der Waals surface area contributed by atoms with E-state index in [9.17, 15) is 0 Å². The van der Waals surface area contributed by atoms with E-state index >= 15 is 0 Å². The Hall–Kier alpha value is -1.16. The first-order valence-electron chi connectivity index (χ1n) is 5.14. The zero-order chi connectivity index (χ0) is 9.80. The molecule has 2 unspecified atom stereocenters. The van der Waals surface area contributed by atoms with E-state index in [0.29, 0.717) is 12.1 Å². The lowest BCUT2D eigenvalue weighted by Crippen LogP contribution is -2.46. The maximum Gasteiger partial charge on any atom is 0.148 e. The molecule has 0 bridgehead atoms. The Morgan fingerprint density at radius 2 is 2.50 bits per heavy atom. The molecular formula is C10H16N4. The van der Waals surface area contributed by atoms with Gasteiger partial charge in [-0.3, -0.25) is 0 Å². The van der Waals surface area contributed by atoms with Crippen LogP contribution in [0.3, 0.4) is 0 Å². The molecule has 2 heterocycles. The van der Waals surface area contributed by atoms with Gasteiger partial charge in [0.25, 0.3) is 0 Å². The smallest absolute Gasteiger partial charge is 0.148 e. The van der Waals surface area contributed by atoms with Crippen molar-refractivity contribution >= 4 is 5.82 Å². The Labute approximate surface area is 84.1 Å². The second-order valence-electron chi connectivity index (χ2n) is 3.74. The van der Waals surface area contributed by atoms with Gasteiger partial charge in [0, 0.05) is 18.3 Å². The first-order chi connectivity index (χ1) is 6.86. The van der Waals surface area contributed by atoms with Crippen molar-refractivity contribution in [2.75, 3.05) is 11.9 Å². The lowest BCUT2D eigenvalue weighted by Gasteiger charge is -2.30. The predicted molar refractivity (Wildman–Crippen MR) is 56.1 cm³/mol. The number of hydrogen-bond acceptors (Lipinski definition) is 4. The summed E-state index contributed by atoms with van der Waals surface area (Å²) >= 11 is 0.